The first-order valence-corrected chi connectivity index (χ1v) is 6.64. The fraction of sp³-hybridized carbons (Fsp3) is 0.0556. The molecule has 1 N–H and O–H groups in total. The molecule has 0 saturated carbocycles. The van der Waals surface area contributed by atoms with Gasteiger partial charge in [0.1, 0.15) is 0 Å². The zero-order chi connectivity index (χ0) is 13.8. The van der Waals surface area contributed by atoms with Crippen LogP contribution < -0.4 is 5.32 Å². The highest BCUT2D eigenvalue weighted by Crippen LogP contribution is 2.21. The second-order valence-corrected chi connectivity index (χ2v) is 4.73. The molecular weight excluding hydrogens is 246 g/mol. The molecule has 1 amide bonds. The zero-order valence-electron chi connectivity index (χ0n) is 11.0. The molecule has 0 radical (unpaired) electrons. The Balaban J connectivity index is 0.000000121. The molecule has 1 aliphatic heterocycles. The van der Waals surface area contributed by atoms with Crippen molar-refractivity contribution in [3.8, 4) is 11.1 Å². The smallest absolute Gasteiger partial charge is 0.228 e. The number of hydrogen-bond acceptors (Lipinski definition) is 1. The summed E-state index contributed by atoms with van der Waals surface area (Å²) >= 11 is 0. The molecule has 0 fully saturated rings. The van der Waals surface area contributed by atoms with Crippen LogP contribution in [0.3, 0.4) is 0 Å². The highest BCUT2D eigenvalue weighted by Gasteiger charge is 2.15. The van der Waals surface area contributed by atoms with Crippen molar-refractivity contribution in [3.63, 3.8) is 0 Å². The van der Waals surface area contributed by atoms with E-state index in [1.54, 1.807) is 0 Å². The standard InChI is InChI=1S/C10H8.C8H7NO/c1-2-5-9-7-4-8-10(9)6-3-1;10-8-5-6-3-1-2-4-7(6)9-8/h1-8H;1-4H,5H2,(H,9,10). The molecule has 0 spiro atoms. The Bertz CT molecular complexity index is 650. The molecule has 0 bridgehead atoms. The molecule has 0 unspecified atom stereocenters. The minimum Gasteiger partial charge on any atom is -0.326 e. The third-order valence-electron chi connectivity index (χ3n) is 3.30. The SMILES string of the molecule is O=C1Cc2ccccc2N1.c1ccc2cccc-2cc1. The van der Waals surface area contributed by atoms with Crippen molar-refractivity contribution in [2.45, 2.75) is 6.42 Å². The molecule has 1 aromatic rings. The van der Waals surface area contributed by atoms with Crippen molar-refractivity contribution >= 4 is 11.6 Å². The average Bonchev–Trinajstić information content (AvgIpc) is 2.99. The summed E-state index contributed by atoms with van der Waals surface area (Å²) in [5.41, 5.74) is 4.69. The maximum atomic E-state index is 10.8. The van der Waals surface area contributed by atoms with Gasteiger partial charge in [0, 0.05) is 5.69 Å². The number of nitrogens with one attached hydrogen (secondary N) is 1. The number of carbonyl (C=O) groups excluding carboxylic acids is 1. The average molecular weight is 261 g/mol. The normalized spacial score (nSPS) is 12.3. The third-order valence-corrected chi connectivity index (χ3v) is 3.30. The van der Waals surface area contributed by atoms with Crippen LogP contribution in [0.1, 0.15) is 5.56 Å². The predicted molar refractivity (Wildman–Crippen MR) is 81.8 cm³/mol. The Morgan fingerprint density at radius 2 is 1.30 bits per heavy atom. The van der Waals surface area contributed by atoms with Gasteiger partial charge < -0.3 is 5.32 Å². The van der Waals surface area contributed by atoms with Crippen LogP contribution in [0.15, 0.2) is 72.8 Å². The topological polar surface area (TPSA) is 29.1 Å². The van der Waals surface area contributed by atoms with E-state index in [4.69, 9.17) is 0 Å². The van der Waals surface area contributed by atoms with Gasteiger partial charge in [0.25, 0.3) is 0 Å². The Hall–Kier alpha value is -2.61. The lowest BCUT2D eigenvalue weighted by Gasteiger charge is -1.93. The van der Waals surface area contributed by atoms with Crippen molar-refractivity contribution in [2.75, 3.05) is 5.32 Å². The van der Waals surface area contributed by atoms with Crippen LogP contribution >= 0.6 is 0 Å². The highest BCUT2D eigenvalue weighted by molar-refractivity contribution is 5.98. The van der Waals surface area contributed by atoms with E-state index in [1.165, 1.54) is 11.1 Å². The van der Waals surface area contributed by atoms with E-state index in [-0.39, 0.29) is 5.91 Å². The monoisotopic (exact) mass is 261 g/mol. The summed E-state index contributed by atoms with van der Waals surface area (Å²) < 4.78 is 0. The Morgan fingerprint density at radius 1 is 0.700 bits per heavy atom. The fourth-order valence-corrected chi connectivity index (χ4v) is 2.30. The van der Waals surface area contributed by atoms with Gasteiger partial charge in [0.2, 0.25) is 5.91 Å². The molecule has 4 rings (SSSR count). The quantitative estimate of drug-likeness (QED) is 0.651. The van der Waals surface area contributed by atoms with E-state index in [2.05, 4.69) is 47.8 Å². The second kappa shape index (κ2) is 5.57. The van der Waals surface area contributed by atoms with Crippen molar-refractivity contribution in [2.24, 2.45) is 0 Å². The number of rotatable bonds is 0. The van der Waals surface area contributed by atoms with Gasteiger partial charge in [-0.1, -0.05) is 66.7 Å². The number of carbonyl (C=O) groups is 1. The van der Waals surface area contributed by atoms with Crippen LogP contribution in [-0.2, 0) is 11.2 Å². The van der Waals surface area contributed by atoms with E-state index in [0.29, 0.717) is 6.42 Å². The van der Waals surface area contributed by atoms with Gasteiger partial charge in [-0.2, -0.15) is 0 Å². The molecule has 0 atom stereocenters. The largest absolute Gasteiger partial charge is 0.326 e. The molecule has 0 aromatic heterocycles. The number of hydrogen-bond donors (Lipinski definition) is 1. The molecule has 2 heteroatoms. The van der Waals surface area contributed by atoms with Gasteiger partial charge in [-0.25, -0.2) is 0 Å². The number of fused-ring (bicyclic) bond motifs is 2. The van der Waals surface area contributed by atoms with Gasteiger partial charge in [-0.15, -0.1) is 0 Å². The summed E-state index contributed by atoms with van der Waals surface area (Å²) in [6.07, 6.45) is 0.538. The number of amides is 1. The molecule has 1 heterocycles. The summed E-state index contributed by atoms with van der Waals surface area (Å²) in [4.78, 5) is 10.8. The lowest BCUT2D eigenvalue weighted by molar-refractivity contribution is -0.115. The Labute approximate surface area is 118 Å². The van der Waals surface area contributed by atoms with Gasteiger partial charge in [0.15, 0.2) is 0 Å². The van der Waals surface area contributed by atoms with E-state index >= 15 is 0 Å². The molecule has 98 valence electrons. The molecule has 3 aliphatic rings. The highest BCUT2D eigenvalue weighted by atomic mass is 16.1. The molecule has 2 aliphatic carbocycles. The van der Waals surface area contributed by atoms with Crippen molar-refractivity contribution in [1.82, 2.24) is 0 Å². The van der Waals surface area contributed by atoms with E-state index < -0.39 is 0 Å². The first-order valence-electron chi connectivity index (χ1n) is 6.64. The summed E-state index contributed by atoms with van der Waals surface area (Å²) in [7, 11) is 0. The summed E-state index contributed by atoms with van der Waals surface area (Å²) in [5.74, 6) is 0.0983. The van der Waals surface area contributed by atoms with Crippen molar-refractivity contribution < 1.29 is 4.79 Å². The summed E-state index contributed by atoms with van der Waals surface area (Å²) in [5, 5.41) is 2.76. The van der Waals surface area contributed by atoms with Crippen LogP contribution in [-0.4, -0.2) is 5.91 Å². The Morgan fingerprint density at radius 3 is 2.00 bits per heavy atom. The van der Waals surface area contributed by atoms with Crippen LogP contribution in [0.25, 0.3) is 11.1 Å². The molecule has 2 nitrogen and oxygen atoms in total. The van der Waals surface area contributed by atoms with Gasteiger partial charge in [-0.05, 0) is 22.8 Å². The first-order chi connectivity index (χ1) is 9.83. The maximum absolute atomic E-state index is 10.8. The predicted octanol–water partition coefficient (Wildman–Crippen LogP) is 3.97. The molecule has 0 saturated heterocycles. The van der Waals surface area contributed by atoms with Crippen LogP contribution in [0.2, 0.25) is 0 Å². The number of anilines is 1. The van der Waals surface area contributed by atoms with Gasteiger partial charge in [0.05, 0.1) is 6.42 Å². The summed E-state index contributed by atoms with van der Waals surface area (Å²) in [6, 6.07) is 24.5. The van der Waals surface area contributed by atoms with Gasteiger partial charge in [-0.3, -0.25) is 4.79 Å². The summed E-state index contributed by atoms with van der Waals surface area (Å²) in [6.45, 7) is 0. The minimum absolute atomic E-state index is 0.0983. The maximum Gasteiger partial charge on any atom is 0.228 e. The van der Waals surface area contributed by atoms with Crippen LogP contribution in [0, 0.1) is 0 Å². The van der Waals surface area contributed by atoms with E-state index in [0.717, 1.165) is 11.3 Å². The first kappa shape index (κ1) is 12.4. The lowest BCUT2D eigenvalue weighted by Crippen LogP contribution is -2.03. The third kappa shape index (κ3) is 2.69. The van der Waals surface area contributed by atoms with Crippen molar-refractivity contribution in [3.05, 3.63) is 78.4 Å². The van der Waals surface area contributed by atoms with Crippen LogP contribution in [0.5, 0.6) is 0 Å². The lowest BCUT2D eigenvalue weighted by atomic mass is 10.2. The van der Waals surface area contributed by atoms with Crippen LogP contribution in [0.4, 0.5) is 5.69 Å². The van der Waals surface area contributed by atoms with Gasteiger partial charge >= 0.3 is 0 Å². The molecule has 1 aromatic carbocycles. The Kier molecular flexibility index (Phi) is 3.46. The van der Waals surface area contributed by atoms with Crippen molar-refractivity contribution in [1.29, 1.82) is 0 Å². The molecular formula is C18H15NO. The number of para-hydroxylation sites is 1. The van der Waals surface area contributed by atoms with E-state index in [1.807, 2.05) is 30.3 Å². The zero-order valence-corrected chi connectivity index (χ0v) is 11.0. The van der Waals surface area contributed by atoms with E-state index in [9.17, 15) is 4.79 Å². The minimum atomic E-state index is 0.0983. The second-order valence-electron chi connectivity index (χ2n) is 4.73. The molecule has 20 heavy (non-hydrogen) atoms. The number of benzene rings is 1. The fourth-order valence-electron chi connectivity index (χ4n) is 2.30.